The first kappa shape index (κ1) is 17.7. The molecule has 7 heteroatoms. The van der Waals surface area contributed by atoms with Crippen molar-refractivity contribution in [1.82, 2.24) is 5.32 Å². The zero-order valence-electron chi connectivity index (χ0n) is 13.0. The van der Waals surface area contributed by atoms with Gasteiger partial charge in [-0.2, -0.15) is 0 Å². The molecule has 0 radical (unpaired) electrons. The number of ether oxygens (including phenoxy) is 3. The molecule has 0 aromatic heterocycles. The Kier molecular flexibility index (Phi) is 6.76. The van der Waals surface area contributed by atoms with Crippen molar-refractivity contribution >= 4 is 5.91 Å². The van der Waals surface area contributed by atoms with Crippen LogP contribution in [0.25, 0.3) is 0 Å². The molecule has 128 valence electrons. The number of benzene rings is 1. The van der Waals surface area contributed by atoms with Crippen molar-refractivity contribution in [2.45, 2.75) is 18.6 Å². The molecule has 0 unspecified atom stereocenters. The lowest BCUT2D eigenvalue weighted by molar-refractivity contribution is -0.136. The average molecular weight is 327 g/mol. The molecule has 1 saturated heterocycles. The minimum absolute atomic E-state index is 0.0805. The molecule has 1 aliphatic rings. The normalized spacial score (nSPS) is 24.2. The maximum atomic E-state index is 13.3. The number of para-hydroxylation sites is 1. The summed E-state index contributed by atoms with van der Waals surface area (Å²) >= 11 is 0. The molecule has 6 nitrogen and oxygen atoms in total. The third-order valence-electron chi connectivity index (χ3n) is 3.77. The van der Waals surface area contributed by atoms with E-state index in [9.17, 15) is 14.3 Å². The number of carbonyl (C=O) groups is 1. The van der Waals surface area contributed by atoms with Crippen LogP contribution in [0.4, 0.5) is 4.39 Å². The molecule has 1 heterocycles. The monoisotopic (exact) mass is 327 g/mol. The molecule has 1 aliphatic heterocycles. The van der Waals surface area contributed by atoms with Crippen LogP contribution in [0.5, 0.6) is 5.75 Å². The summed E-state index contributed by atoms with van der Waals surface area (Å²) < 4.78 is 29.0. The van der Waals surface area contributed by atoms with Gasteiger partial charge in [0.1, 0.15) is 6.10 Å². The second kappa shape index (κ2) is 8.81. The Labute approximate surface area is 134 Å². The molecule has 0 spiro atoms. The molecule has 0 saturated carbocycles. The first-order valence-corrected chi connectivity index (χ1v) is 7.54. The fourth-order valence-electron chi connectivity index (χ4n) is 2.37. The third kappa shape index (κ3) is 5.16. The Balaban J connectivity index is 1.68. The highest BCUT2D eigenvalue weighted by atomic mass is 19.1. The van der Waals surface area contributed by atoms with Gasteiger partial charge in [-0.25, -0.2) is 4.39 Å². The average Bonchev–Trinajstić information content (AvgIpc) is 2.55. The molecule has 3 atom stereocenters. The summed E-state index contributed by atoms with van der Waals surface area (Å²) in [7, 11) is 1.51. The van der Waals surface area contributed by atoms with Gasteiger partial charge >= 0.3 is 0 Å². The molecule has 1 amide bonds. The second-order valence-electron chi connectivity index (χ2n) is 5.40. The molecule has 1 aromatic carbocycles. The number of methoxy groups -OCH3 is 1. The predicted molar refractivity (Wildman–Crippen MR) is 80.6 cm³/mol. The van der Waals surface area contributed by atoms with Gasteiger partial charge in [-0.15, -0.1) is 0 Å². The van der Waals surface area contributed by atoms with Gasteiger partial charge in [-0.05, 0) is 12.1 Å². The number of hydrogen-bond donors (Lipinski definition) is 2. The van der Waals surface area contributed by atoms with E-state index in [1.807, 2.05) is 0 Å². The van der Waals surface area contributed by atoms with Crippen molar-refractivity contribution in [3.63, 3.8) is 0 Å². The zero-order chi connectivity index (χ0) is 16.7. The van der Waals surface area contributed by atoms with Crippen LogP contribution in [0.3, 0.4) is 0 Å². The zero-order valence-corrected chi connectivity index (χ0v) is 13.0. The lowest BCUT2D eigenvalue weighted by Gasteiger charge is -2.33. The van der Waals surface area contributed by atoms with Crippen molar-refractivity contribution < 1.29 is 28.5 Å². The van der Waals surface area contributed by atoms with Crippen molar-refractivity contribution in [1.29, 1.82) is 0 Å². The van der Waals surface area contributed by atoms with Gasteiger partial charge in [0.15, 0.2) is 11.6 Å². The van der Waals surface area contributed by atoms with Crippen molar-refractivity contribution in [3.8, 4) is 5.75 Å². The summed E-state index contributed by atoms with van der Waals surface area (Å²) in [5, 5.41) is 12.8. The number of halogens is 1. The van der Waals surface area contributed by atoms with E-state index in [1.165, 1.54) is 19.2 Å². The highest BCUT2D eigenvalue weighted by Crippen LogP contribution is 2.17. The Morgan fingerprint density at radius 2 is 2.22 bits per heavy atom. The summed E-state index contributed by atoms with van der Waals surface area (Å²) in [6.07, 6.45) is -0.954. The van der Waals surface area contributed by atoms with Crippen LogP contribution in [0.15, 0.2) is 24.3 Å². The number of amides is 1. The smallest absolute Gasteiger partial charge is 0.223 e. The van der Waals surface area contributed by atoms with Crippen LogP contribution >= 0.6 is 0 Å². The predicted octanol–water partition coefficient (Wildman–Crippen LogP) is 0.733. The molecule has 1 aromatic rings. The van der Waals surface area contributed by atoms with Gasteiger partial charge in [0.2, 0.25) is 5.91 Å². The maximum absolute atomic E-state index is 13.3. The maximum Gasteiger partial charge on any atom is 0.223 e. The molecule has 0 bridgehead atoms. The number of nitrogens with one attached hydrogen (secondary N) is 1. The summed E-state index contributed by atoms with van der Waals surface area (Å²) in [6.45, 7) is 1.09. The SMILES string of the molecule is CO[C@@H]1COC[C@@H](CNC(=O)CCOc2ccccc2F)[C@@H]1O. The fourth-order valence-corrected chi connectivity index (χ4v) is 2.37. The van der Waals surface area contributed by atoms with Crippen LogP contribution in [0.1, 0.15) is 6.42 Å². The Bertz CT molecular complexity index is 513. The van der Waals surface area contributed by atoms with Gasteiger partial charge in [0.25, 0.3) is 0 Å². The first-order valence-electron chi connectivity index (χ1n) is 7.54. The molecule has 1 fully saturated rings. The van der Waals surface area contributed by atoms with E-state index < -0.39 is 11.9 Å². The topological polar surface area (TPSA) is 77.0 Å². The molecular weight excluding hydrogens is 305 g/mol. The minimum atomic E-state index is -0.677. The molecular formula is C16H22FNO5. The third-order valence-corrected chi connectivity index (χ3v) is 3.77. The lowest BCUT2D eigenvalue weighted by atomic mass is 9.96. The van der Waals surface area contributed by atoms with E-state index in [-0.39, 0.29) is 36.7 Å². The van der Waals surface area contributed by atoms with Crippen LogP contribution in [0.2, 0.25) is 0 Å². The minimum Gasteiger partial charge on any atom is -0.490 e. The highest BCUT2D eigenvalue weighted by molar-refractivity contribution is 5.76. The van der Waals surface area contributed by atoms with E-state index in [0.717, 1.165) is 0 Å². The number of hydrogen-bond acceptors (Lipinski definition) is 5. The van der Waals surface area contributed by atoms with Gasteiger partial charge in [0.05, 0.1) is 32.3 Å². The molecule has 0 aliphatic carbocycles. The molecule has 2 N–H and O–H groups in total. The van der Waals surface area contributed by atoms with E-state index in [0.29, 0.717) is 19.8 Å². The van der Waals surface area contributed by atoms with E-state index in [4.69, 9.17) is 14.2 Å². The molecule has 23 heavy (non-hydrogen) atoms. The second-order valence-corrected chi connectivity index (χ2v) is 5.40. The number of aliphatic hydroxyl groups is 1. The van der Waals surface area contributed by atoms with Crippen molar-refractivity contribution in [2.24, 2.45) is 5.92 Å². The standard InChI is InChI=1S/C16H22FNO5/c1-21-14-10-22-9-11(16(14)20)8-18-15(19)6-7-23-13-5-3-2-4-12(13)17/h2-5,11,14,16,20H,6-10H2,1H3,(H,18,19)/t11-,14-,16+/m1/s1. The first-order chi connectivity index (χ1) is 11.1. The number of rotatable bonds is 7. The number of carbonyl (C=O) groups excluding carboxylic acids is 1. The quantitative estimate of drug-likeness (QED) is 0.772. The van der Waals surface area contributed by atoms with E-state index in [1.54, 1.807) is 12.1 Å². The Morgan fingerprint density at radius 1 is 1.43 bits per heavy atom. The summed E-state index contributed by atoms with van der Waals surface area (Å²) in [5.74, 6) is -0.779. The summed E-state index contributed by atoms with van der Waals surface area (Å²) in [5.41, 5.74) is 0. The van der Waals surface area contributed by atoms with Crippen LogP contribution < -0.4 is 10.1 Å². The van der Waals surface area contributed by atoms with Crippen molar-refractivity contribution in [3.05, 3.63) is 30.1 Å². The summed E-state index contributed by atoms with van der Waals surface area (Å²) in [4.78, 5) is 11.8. The lowest BCUT2D eigenvalue weighted by Crippen LogP contribution is -2.49. The summed E-state index contributed by atoms with van der Waals surface area (Å²) in [6, 6.07) is 6.04. The molecule has 2 rings (SSSR count). The van der Waals surface area contributed by atoms with Crippen LogP contribution in [-0.2, 0) is 14.3 Å². The fraction of sp³-hybridized carbons (Fsp3) is 0.562. The van der Waals surface area contributed by atoms with Gasteiger partial charge in [0, 0.05) is 19.6 Å². The van der Waals surface area contributed by atoms with Crippen LogP contribution in [0, 0.1) is 11.7 Å². The highest BCUT2D eigenvalue weighted by Gasteiger charge is 2.32. The van der Waals surface area contributed by atoms with Gasteiger partial charge in [-0.3, -0.25) is 4.79 Å². The number of aliphatic hydroxyl groups excluding tert-OH is 1. The van der Waals surface area contributed by atoms with Gasteiger partial charge in [-0.1, -0.05) is 12.1 Å². The Morgan fingerprint density at radius 3 is 2.96 bits per heavy atom. The van der Waals surface area contributed by atoms with E-state index >= 15 is 0 Å². The Hall–Kier alpha value is -1.70. The van der Waals surface area contributed by atoms with Crippen molar-refractivity contribution in [2.75, 3.05) is 33.5 Å². The largest absolute Gasteiger partial charge is 0.490 e. The van der Waals surface area contributed by atoms with E-state index in [2.05, 4.69) is 5.32 Å². The van der Waals surface area contributed by atoms with Gasteiger partial charge < -0.3 is 24.6 Å². The van der Waals surface area contributed by atoms with Crippen LogP contribution in [-0.4, -0.2) is 56.7 Å².